The maximum Gasteiger partial charge on any atom is 0.435 e. The number of imidazole rings is 1. The zero-order valence-electron chi connectivity index (χ0n) is 10.9. The van der Waals surface area contributed by atoms with Crippen molar-refractivity contribution in [3.63, 3.8) is 0 Å². The summed E-state index contributed by atoms with van der Waals surface area (Å²) in [5, 5.41) is 6.64. The van der Waals surface area contributed by atoms with E-state index < -0.39 is 17.7 Å². The third-order valence-corrected chi connectivity index (χ3v) is 3.14. The number of fused-ring (bicyclic) bond motifs is 1. The molecule has 114 valence electrons. The second kappa shape index (κ2) is 4.87. The van der Waals surface area contributed by atoms with E-state index in [1.807, 2.05) is 0 Å². The molecule has 3 heterocycles. The monoisotopic (exact) mass is 331 g/mol. The van der Waals surface area contributed by atoms with E-state index in [4.69, 9.17) is 11.6 Å². The van der Waals surface area contributed by atoms with Crippen molar-refractivity contribution in [2.24, 2.45) is 7.05 Å². The van der Waals surface area contributed by atoms with Crippen LogP contribution in [0.3, 0.4) is 0 Å². The summed E-state index contributed by atoms with van der Waals surface area (Å²) in [6, 6.07) is 3.09. The molecular formula is C12H6ClF4N5. The molecule has 5 nitrogen and oxygen atoms in total. The molecule has 0 atom stereocenters. The molecule has 0 fully saturated rings. The summed E-state index contributed by atoms with van der Waals surface area (Å²) in [5.74, 6) is -0.699. The topological polar surface area (TPSA) is 56.5 Å². The van der Waals surface area contributed by atoms with Crippen LogP contribution in [0.15, 0.2) is 18.2 Å². The first-order chi connectivity index (χ1) is 10.3. The molecule has 22 heavy (non-hydrogen) atoms. The second-order valence-electron chi connectivity index (χ2n) is 4.40. The Bertz CT molecular complexity index is 874. The van der Waals surface area contributed by atoms with Crippen LogP contribution in [0, 0.1) is 5.82 Å². The summed E-state index contributed by atoms with van der Waals surface area (Å²) in [6.45, 7) is 0. The molecule has 0 bridgehead atoms. The molecule has 10 heteroatoms. The Morgan fingerprint density at radius 3 is 2.55 bits per heavy atom. The van der Waals surface area contributed by atoms with Gasteiger partial charge in [-0.2, -0.15) is 13.2 Å². The SMILES string of the molecule is Cn1c(-c2nc(Cl)ccc2F)nc2cc(C(F)(F)F)nnc21. The van der Waals surface area contributed by atoms with Crippen LogP contribution in [0.25, 0.3) is 22.7 Å². The lowest BCUT2D eigenvalue weighted by molar-refractivity contribution is -0.141. The lowest BCUT2D eigenvalue weighted by atomic mass is 10.3. The number of rotatable bonds is 1. The van der Waals surface area contributed by atoms with Crippen molar-refractivity contribution in [1.82, 2.24) is 24.7 Å². The molecule has 0 amide bonds. The van der Waals surface area contributed by atoms with Gasteiger partial charge in [0.05, 0.1) is 0 Å². The van der Waals surface area contributed by atoms with Gasteiger partial charge < -0.3 is 4.57 Å². The summed E-state index contributed by atoms with van der Waals surface area (Å²) in [7, 11) is 1.47. The molecule has 0 saturated carbocycles. The first-order valence-electron chi connectivity index (χ1n) is 5.87. The predicted octanol–water partition coefficient (Wildman–Crippen LogP) is 3.24. The van der Waals surface area contributed by atoms with E-state index in [0.29, 0.717) is 0 Å². The van der Waals surface area contributed by atoms with E-state index in [-0.39, 0.29) is 27.8 Å². The maximum absolute atomic E-state index is 13.8. The Labute approximate surface area is 125 Å². The second-order valence-corrected chi connectivity index (χ2v) is 4.78. The van der Waals surface area contributed by atoms with Crippen LogP contribution in [0.5, 0.6) is 0 Å². The van der Waals surface area contributed by atoms with Gasteiger partial charge in [-0.25, -0.2) is 14.4 Å². The number of nitrogens with zero attached hydrogens (tertiary/aromatic N) is 5. The molecular weight excluding hydrogens is 326 g/mol. The highest BCUT2D eigenvalue weighted by atomic mass is 35.5. The van der Waals surface area contributed by atoms with E-state index in [2.05, 4.69) is 20.2 Å². The van der Waals surface area contributed by atoms with Gasteiger partial charge in [0, 0.05) is 13.1 Å². The lowest BCUT2D eigenvalue weighted by Gasteiger charge is -2.04. The maximum atomic E-state index is 13.8. The quantitative estimate of drug-likeness (QED) is 0.507. The van der Waals surface area contributed by atoms with E-state index in [9.17, 15) is 17.6 Å². The number of aromatic nitrogens is 5. The van der Waals surface area contributed by atoms with Crippen LogP contribution in [0.4, 0.5) is 17.6 Å². The van der Waals surface area contributed by atoms with E-state index >= 15 is 0 Å². The molecule has 0 spiro atoms. The molecule has 0 unspecified atom stereocenters. The minimum Gasteiger partial charge on any atom is -0.309 e. The Hall–Kier alpha value is -2.29. The average molecular weight is 332 g/mol. The number of hydrogen-bond donors (Lipinski definition) is 0. The fourth-order valence-corrected chi connectivity index (χ4v) is 2.06. The third kappa shape index (κ3) is 2.37. The lowest BCUT2D eigenvalue weighted by Crippen LogP contribution is -2.09. The fraction of sp³-hybridized carbons (Fsp3) is 0.167. The van der Waals surface area contributed by atoms with Crippen molar-refractivity contribution in [2.45, 2.75) is 6.18 Å². The molecule has 0 saturated heterocycles. The Kier molecular flexibility index (Phi) is 3.24. The smallest absolute Gasteiger partial charge is 0.309 e. The normalized spacial score (nSPS) is 12.1. The summed E-state index contributed by atoms with van der Waals surface area (Å²) in [6.07, 6.45) is -4.64. The summed E-state index contributed by atoms with van der Waals surface area (Å²) in [4.78, 5) is 7.76. The van der Waals surface area contributed by atoms with Crippen LogP contribution in [-0.4, -0.2) is 24.7 Å². The standard InChI is InChI=1S/C12H6ClF4N5/c1-22-10-6(4-7(20-21-10)12(15,16)17)18-11(22)9-5(14)2-3-8(13)19-9/h2-4H,1H3. The van der Waals surface area contributed by atoms with Crippen LogP contribution >= 0.6 is 11.6 Å². The molecule has 0 aliphatic rings. The van der Waals surface area contributed by atoms with E-state index in [0.717, 1.165) is 12.1 Å². The molecule has 0 N–H and O–H groups in total. The Morgan fingerprint density at radius 1 is 1.14 bits per heavy atom. The van der Waals surface area contributed by atoms with Gasteiger partial charge in [0.2, 0.25) is 0 Å². The summed E-state index contributed by atoms with van der Waals surface area (Å²) in [5.41, 5.74) is -1.35. The van der Waals surface area contributed by atoms with Crippen molar-refractivity contribution >= 4 is 22.8 Å². The number of pyridine rings is 1. The van der Waals surface area contributed by atoms with Gasteiger partial charge in [-0.3, -0.25) is 0 Å². The van der Waals surface area contributed by atoms with Gasteiger partial charge in [0.1, 0.15) is 16.4 Å². The number of alkyl halides is 3. The van der Waals surface area contributed by atoms with Crippen molar-refractivity contribution < 1.29 is 17.6 Å². The van der Waals surface area contributed by atoms with E-state index in [1.54, 1.807) is 0 Å². The van der Waals surface area contributed by atoms with Gasteiger partial charge in [0.15, 0.2) is 23.0 Å². The first kappa shape index (κ1) is 14.6. The Balaban J connectivity index is 2.24. The fourth-order valence-electron chi connectivity index (χ4n) is 1.91. The largest absolute Gasteiger partial charge is 0.435 e. The van der Waals surface area contributed by atoms with Gasteiger partial charge in [-0.15, -0.1) is 10.2 Å². The van der Waals surface area contributed by atoms with Crippen molar-refractivity contribution in [1.29, 1.82) is 0 Å². The van der Waals surface area contributed by atoms with Crippen molar-refractivity contribution in [2.75, 3.05) is 0 Å². The minimum absolute atomic E-state index is 0.00336. The molecule has 0 aliphatic carbocycles. The van der Waals surface area contributed by atoms with Crippen LogP contribution in [-0.2, 0) is 13.2 Å². The predicted molar refractivity (Wildman–Crippen MR) is 69.5 cm³/mol. The molecule has 0 aliphatic heterocycles. The first-order valence-corrected chi connectivity index (χ1v) is 6.25. The number of halogens is 5. The van der Waals surface area contributed by atoms with Gasteiger partial charge in [-0.1, -0.05) is 11.6 Å². The highest BCUT2D eigenvalue weighted by Crippen LogP contribution is 2.30. The molecule has 3 rings (SSSR count). The average Bonchev–Trinajstić information content (AvgIpc) is 2.77. The molecule has 3 aromatic heterocycles. The minimum atomic E-state index is -4.64. The summed E-state index contributed by atoms with van der Waals surface area (Å²) < 4.78 is 53.0. The Morgan fingerprint density at radius 2 is 1.86 bits per heavy atom. The molecule has 0 radical (unpaired) electrons. The third-order valence-electron chi connectivity index (χ3n) is 2.93. The van der Waals surface area contributed by atoms with Gasteiger partial charge in [-0.05, 0) is 12.1 Å². The van der Waals surface area contributed by atoms with Crippen LogP contribution in [0.2, 0.25) is 5.15 Å². The molecule has 0 aromatic carbocycles. The van der Waals surface area contributed by atoms with Crippen LogP contribution in [0.1, 0.15) is 5.69 Å². The highest BCUT2D eigenvalue weighted by Gasteiger charge is 2.34. The van der Waals surface area contributed by atoms with Crippen LogP contribution < -0.4 is 0 Å². The molecule has 3 aromatic rings. The zero-order valence-corrected chi connectivity index (χ0v) is 11.6. The number of aryl methyl sites for hydroxylation is 1. The van der Waals surface area contributed by atoms with Gasteiger partial charge >= 0.3 is 6.18 Å². The van der Waals surface area contributed by atoms with Crippen molar-refractivity contribution in [3.8, 4) is 11.5 Å². The highest BCUT2D eigenvalue weighted by molar-refractivity contribution is 6.29. The zero-order chi connectivity index (χ0) is 16.1. The summed E-state index contributed by atoms with van der Waals surface area (Å²) >= 11 is 5.71. The number of hydrogen-bond acceptors (Lipinski definition) is 4. The van der Waals surface area contributed by atoms with Gasteiger partial charge in [0.25, 0.3) is 0 Å². The van der Waals surface area contributed by atoms with Crippen molar-refractivity contribution in [3.05, 3.63) is 34.9 Å². The van der Waals surface area contributed by atoms with E-state index in [1.165, 1.54) is 17.7 Å².